The lowest BCUT2D eigenvalue weighted by Gasteiger charge is -2.16. The van der Waals surface area contributed by atoms with Crippen LogP contribution in [0.4, 0.5) is 8.78 Å². The summed E-state index contributed by atoms with van der Waals surface area (Å²) in [6, 6.07) is 31.7. The largest absolute Gasteiger partial charge is 0.494 e. The molecule has 0 amide bonds. The van der Waals surface area contributed by atoms with E-state index in [9.17, 15) is 13.6 Å². The number of hydrogen-bond acceptors (Lipinski definition) is 5. The molecule has 0 N–H and O–H groups in total. The molecule has 0 aliphatic heterocycles. The zero-order valence-corrected chi connectivity index (χ0v) is 31.3. The highest BCUT2D eigenvalue weighted by Crippen LogP contribution is 2.26. The highest BCUT2D eigenvalue weighted by molar-refractivity contribution is 5.72. The first-order valence-electron chi connectivity index (χ1n) is 19.7. The lowest BCUT2D eigenvalue weighted by atomic mass is 9.94. The Kier molecular flexibility index (Phi) is 20.3. The van der Waals surface area contributed by atoms with Crippen LogP contribution in [0.2, 0.25) is 0 Å². The third-order valence-corrected chi connectivity index (χ3v) is 9.41. The van der Waals surface area contributed by atoms with Gasteiger partial charge in [-0.2, -0.15) is 0 Å². The van der Waals surface area contributed by atoms with Gasteiger partial charge in [0.05, 0.1) is 32.3 Å². The predicted molar refractivity (Wildman–Crippen MR) is 209 cm³/mol. The van der Waals surface area contributed by atoms with Gasteiger partial charge in [-0.05, 0) is 86.3 Å². The average molecular weight is 729 g/mol. The van der Waals surface area contributed by atoms with Crippen LogP contribution in [0.15, 0.2) is 103 Å². The van der Waals surface area contributed by atoms with Crippen LogP contribution < -0.4 is 4.74 Å². The van der Waals surface area contributed by atoms with E-state index >= 15 is 0 Å². The van der Waals surface area contributed by atoms with Crippen molar-refractivity contribution in [1.82, 2.24) is 0 Å². The highest BCUT2D eigenvalue weighted by Gasteiger charge is 2.19. The maximum atomic E-state index is 14.1. The molecule has 0 unspecified atom stereocenters. The summed E-state index contributed by atoms with van der Waals surface area (Å²) in [6.45, 7) is 3.84. The van der Waals surface area contributed by atoms with Crippen LogP contribution in [-0.2, 0) is 32.2 Å². The van der Waals surface area contributed by atoms with Gasteiger partial charge < -0.3 is 18.9 Å². The second-order valence-electron chi connectivity index (χ2n) is 13.7. The van der Waals surface area contributed by atoms with Gasteiger partial charge in [-0.25, -0.2) is 8.78 Å². The molecule has 0 radical (unpaired) electrons. The zero-order chi connectivity index (χ0) is 37.2. The van der Waals surface area contributed by atoms with Crippen molar-refractivity contribution in [2.45, 2.75) is 103 Å². The Bertz CT molecular complexity index is 1480. The molecule has 0 aliphatic carbocycles. The summed E-state index contributed by atoms with van der Waals surface area (Å²) in [5.41, 5.74) is 3.23. The fourth-order valence-electron chi connectivity index (χ4n) is 6.30. The third-order valence-electron chi connectivity index (χ3n) is 9.41. The summed E-state index contributed by atoms with van der Waals surface area (Å²) in [7, 11) is 0. The Balaban J connectivity index is 1.06. The van der Waals surface area contributed by atoms with Crippen molar-refractivity contribution in [2.24, 2.45) is 5.92 Å². The van der Waals surface area contributed by atoms with Crippen molar-refractivity contribution in [1.29, 1.82) is 0 Å². The smallest absolute Gasteiger partial charge is 0.308 e. The van der Waals surface area contributed by atoms with Gasteiger partial charge in [-0.1, -0.05) is 123 Å². The van der Waals surface area contributed by atoms with E-state index in [0.717, 1.165) is 109 Å². The van der Waals surface area contributed by atoms with E-state index in [2.05, 4.69) is 24.3 Å². The molecule has 0 saturated heterocycles. The number of carbonyl (C=O) groups excluding carboxylic acids is 1. The van der Waals surface area contributed by atoms with Crippen LogP contribution in [0.5, 0.6) is 5.75 Å². The van der Waals surface area contributed by atoms with Gasteiger partial charge in [0.15, 0.2) is 11.6 Å². The molecule has 0 aliphatic rings. The average Bonchev–Trinajstić information content (AvgIpc) is 3.19. The summed E-state index contributed by atoms with van der Waals surface area (Å²) in [5.74, 6) is -1.11. The first-order chi connectivity index (χ1) is 26.1. The maximum absolute atomic E-state index is 14.1. The number of unbranched alkanes of at least 4 members (excludes halogenated alkanes) is 9. The molecule has 4 aromatic carbocycles. The fraction of sp³-hybridized carbons (Fsp3) is 0.457. The second kappa shape index (κ2) is 25.8. The highest BCUT2D eigenvalue weighted by atomic mass is 19.2. The first-order valence-corrected chi connectivity index (χ1v) is 19.7. The Morgan fingerprint density at radius 2 is 1.02 bits per heavy atom. The molecule has 0 fully saturated rings. The van der Waals surface area contributed by atoms with Gasteiger partial charge in [0.2, 0.25) is 0 Å². The van der Waals surface area contributed by atoms with Crippen molar-refractivity contribution in [3.8, 4) is 16.9 Å². The van der Waals surface area contributed by atoms with Crippen LogP contribution in [0.3, 0.4) is 0 Å². The SMILES string of the molecule is O=C(OCCCCCCOc1ccc(-c2cccc(F)c2F)cc1)C(CCCCCCOCc1ccccc1)CCCCCCOCc1ccccc1. The lowest BCUT2D eigenvalue weighted by Crippen LogP contribution is -2.18. The van der Waals surface area contributed by atoms with Gasteiger partial charge in [-0.15, -0.1) is 0 Å². The van der Waals surface area contributed by atoms with Crippen LogP contribution >= 0.6 is 0 Å². The molecule has 0 spiro atoms. The van der Waals surface area contributed by atoms with Crippen molar-refractivity contribution in [3.63, 3.8) is 0 Å². The minimum absolute atomic E-state index is 0.0455. The summed E-state index contributed by atoms with van der Waals surface area (Å²) in [6.07, 6.45) is 13.9. The van der Waals surface area contributed by atoms with Gasteiger partial charge in [0.1, 0.15) is 5.75 Å². The zero-order valence-electron chi connectivity index (χ0n) is 31.3. The minimum Gasteiger partial charge on any atom is -0.494 e. The van der Waals surface area contributed by atoms with Crippen molar-refractivity contribution >= 4 is 5.97 Å². The molecule has 53 heavy (non-hydrogen) atoms. The van der Waals surface area contributed by atoms with Crippen LogP contribution in [0, 0.1) is 17.6 Å². The first kappa shape index (κ1) is 41.7. The molecule has 0 heterocycles. The van der Waals surface area contributed by atoms with E-state index < -0.39 is 11.6 Å². The molecular weight excluding hydrogens is 670 g/mol. The van der Waals surface area contributed by atoms with Gasteiger partial charge >= 0.3 is 5.97 Å². The van der Waals surface area contributed by atoms with Crippen molar-refractivity contribution < 1.29 is 32.5 Å². The van der Waals surface area contributed by atoms with E-state index in [1.54, 1.807) is 30.3 Å². The van der Waals surface area contributed by atoms with Gasteiger partial charge in [0.25, 0.3) is 0 Å². The van der Waals surface area contributed by atoms with E-state index in [1.165, 1.54) is 17.2 Å². The van der Waals surface area contributed by atoms with Crippen LogP contribution in [0.1, 0.15) is 101 Å². The number of hydrogen-bond donors (Lipinski definition) is 0. The van der Waals surface area contributed by atoms with E-state index in [4.69, 9.17) is 18.9 Å². The summed E-state index contributed by atoms with van der Waals surface area (Å²) in [4.78, 5) is 13.1. The Morgan fingerprint density at radius 1 is 0.509 bits per heavy atom. The van der Waals surface area contributed by atoms with E-state index in [-0.39, 0.29) is 17.5 Å². The second-order valence-corrected chi connectivity index (χ2v) is 13.7. The topological polar surface area (TPSA) is 54.0 Å². The van der Waals surface area contributed by atoms with E-state index in [1.807, 2.05) is 36.4 Å². The normalized spacial score (nSPS) is 11.2. The number of carbonyl (C=O) groups is 1. The van der Waals surface area contributed by atoms with Gasteiger partial charge in [0, 0.05) is 18.8 Å². The molecule has 286 valence electrons. The quantitative estimate of drug-likeness (QED) is 0.0430. The number of ether oxygens (including phenoxy) is 4. The minimum atomic E-state index is -0.858. The molecule has 0 aromatic heterocycles. The van der Waals surface area contributed by atoms with Gasteiger partial charge in [-0.3, -0.25) is 4.79 Å². The Morgan fingerprint density at radius 3 is 1.58 bits per heavy atom. The molecular formula is C46H58F2O5. The number of rotatable bonds is 28. The standard InChI is InChI=1S/C46H58F2O5/c47-44-27-19-26-43(45(44)48)40-28-30-42(31-29-40)52-34-17-5-6-18-35-53-46(49)41(24-13-1-3-15-32-50-36-38-20-9-7-10-21-38)25-14-2-4-16-33-51-37-39-22-11-8-12-23-39/h7-12,19-23,26-31,41H,1-6,13-18,24-25,32-37H2. The monoisotopic (exact) mass is 728 g/mol. The molecule has 5 nitrogen and oxygen atoms in total. The predicted octanol–water partition coefficient (Wildman–Crippen LogP) is 12.1. The fourth-order valence-corrected chi connectivity index (χ4v) is 6.30. The third kappa shape index (κ3) is 17.1. The van der Waals surface area contributed by atoms with Crippen LogP contribution in [-0.4, -0.2) is 32.4 Å². The lowest BCUT2D eigenvalue weighted by molar-refractivity contribution is -0.149. The molecule has 7 heteroatoms. The van der Waals surface area contributed by atoms with Crippen LogP contribution in [0.25, 0.3) is 11.1 Å². The molecule has 0 bridgehead atoms. The van der Waals surface area contributed by atoms with Crippen molar-refractivity contribution in [2.75, 3.05) is 26.4 Å². The molecule has 4 aromatic rings. The van der Waals surface area contributed by atoms with Crippen molar-refractivity contribution in [3.05, 3.63) is 126 Å². The number of benzene rings is 4. The summed E-state index contributed by atoms with van der Waals surface area (Å²) < 4.78 is 51.0. The maximum Gasteiger partial charge on any atom is 0.308 e. The number of halogens is 2. The molecule has 0 saturated carbocycles. The Labute approximate surface area is 316 Å². The Hall–Kier alpha value is -4.07. The number of esters is 1. The van der Waals surface area contributed by atoms with E-state index in [0.29, 0.717) is 37.7 Å². The molecule has 4 rings (SSSR count). The summed E-state index contributed by atoms with van der Waals surface area (Å²) >= 11 is 0. The summed E-state index contributed by atoms with van der Waals surface area (Å²) in [5, 5.41) is 0. The molecule has 0 atom stereocenters.